The molecule has 0 radical (unpaired) electrons. The highest BCUT2D eigenvalue weighted by atomic mass is 79.9. The Hall–Kier alpha value is -1.55. The van der Waals surface area contributed by atoms with E-state index in [1.165, 1.54) is 11.3 Å². The molecule has 0 saturated carbocycles. The highest BCUT2D eigenvalue weighted by Gasteiger charge is 2.33. The van der Waals surface area contributed by atoms with Crippen LogP contribution in [0.15, 0.2) is 40.6 Å². The number of hydrogen-bond donors (Lipinski definition) is 1. The van der Waals surface area contributed by atoms with Crippen LogP contribution in [0.2, 0.25) is 0 Å². The van der Waals surface area contributed by atoms with E-state index in [4.69, 9.17) is 12.2 Å². The third-order valence-corrected chi connectivity index (χ3v) is 5.69. The molecular weight excluding hydrogens is 430 g/mol. The molecule has 0 atom stereocenters. The molecule has 0 spiro atoms. The fourth-order valence-electron chi connectivity index (χ4n) is 1.92. The highest BCUT2D eigenvalue weighted by Crippen LogP contribution is 2.32. The molecular formula is C15H10BrN3O2S3. The Labute approximate surface area is 160 Å². The van der Waals surface area contributed by atoms with Crippen LogP contribution in [0.3, 0.4) is 0 Å². The molecule has 1 aliphatic rings. The highest BCUT2D eigenvalue weighted by molar-refractivity contribution is 9.09. The smallest absolute Gasteiger partial charge is 0.272 e. The number of nitrogens with zero attached hydrogens (tertiary/aromatic N) is 2. The van der Waals surface area contributed by atoms with Gasteiger partial charge in [0.2, 0.25) is 5.91 Å². The molecule has 9 heteroatoms. The first kappa shape index (κ1) is 17.3. The van der Waals surface area contributed by atoms with Crippen molar-refractivity contribution >= 4 is 73.5 Å². The molecule has 1 aromatic carbocycles. The number of carbonyl (C=O) groups is 2. The number of thiocarbonyl (C=S) groups is 1. The minimum Gasteiger partial charge on any atom is -0.272 e. The monoisotopic (exact) mass is 439 g/mol. The number of hydrogen-bond acceptors (Lipinski definition) is 6. The second-order valence-electron chi connectivity index (χ2n) is 4.63. The summed E-state index contributed by atoms with van der Waals surface area (Å²) in [4.78, 5) is 28.7. The predicted molar refractivity (Wildman–Crippen MR) is 104 cm³/mol. The second kappa shape index (κ2) is 7.56. The van der Waals surface area contributed by atoms with Crippen molar-refractivity contribution < 1.29 is 9.59 Å². The normalized spacial score (nSPS) is 16.0. The molecule has 3 rings (SSSR count). The number of halogens is 1. The third kappa shape index (κ3) is 3.75. The van der Waals surface area contributed by atoms with Gasteiger partial charge in [0, 0.05) is 10.9 Å². The molecule has 1 fully saturated rings. The first-order valence-corrected chi connectivity index (χ1v) is 9.95. The predicted octanol–water partition coefficient (Wildman–Crippen LogP) is 3.44. The zero-order chi connectivity index (χ0) is 17.1. The lowest BCUT2D eigenvalue weighted by Gasteiger charge is -2.14. The van der Waals surface area contributed by atoms with Crippen LogP contribution < -0.4 is 5.43 Å². The number of alkyl halides is 1. The molecule has 0 aliphatic carbocycles. The number of benzene rings is 1. The molecule has 5 nitrogen and oxygen atoms in total. The fraction of sp³-hybridized carbons (Fsp3) is 0.0667. The van der Waals surface area contributed by atoms with Gasteiger partial charge >= 0.3 is 0 Å². The first-order valence-electron chi connectivity index (χ1n) is 6.73. The summed E-state index contributed by atoms with van der Waals surface area (Å²) in [6.45, 7) is 0. The van der Waals surface area contributed by atoms with Crippen LogP contribution >= 0.6 is 51.2 Å². The van der Waals surface area contributed by atoms with Crippen LogP contribution in [-0.2, 0) is 9.59 Å². The number of thioether (sulfide) groups is 1. The summed E-state index contributed by atoms with van der Waals surface area (Å²) in [7, 11) is 0. The molecule has 0 unspecified atom stereocenters. The van der Waals surface area contributed by atoms with Gasteiger partial charge in [0.25, 0.3) is 5.91 Å². The second-order valence-corrected chi connectivity index (χ2v) is 7.72. The summed E-state index contributed by atoms with van der Waals surface area (Å²) in [5.41, 5.74) is 4.17. The van der Waals surface area contributed by atoms with Gasteiger partial charge in [0.05, 0.1) is 15.9 Å². The van der Waals surface area contributed by atoms with Crippen LogP contribution in [0.5, 0.6) is 0 Å². The summed E-state index contributed by atoms with van der Waals surface area (Å²) < 4.78 is 0.291. The van der Waals surface area contributed by atoms with Crippen molar-refractivity contribution in [2.24, 2.45) is 0 Å². The maximum atomic E-state index is 12.3. The largest absolute Gasteiger partial charge is 0.285 e. The third-order valence-electron chi connectivity index (χ3n) is 2.97. The average Bonchev–Trinajstić information content (AvgIpc) is 3.16. The summed E-state index contributed by atoms with van der Waals surface area (Å²) in [5.74, 6) is -0.693. The van der Waals surface area contributed by atoms with E-state index in [0.717, 1.165) is 27.3 Å². The van der Waals surface area contributed by atoms with Gasteiger partial charge in [-0.1, -0.05) is 58.0 Å². The Morgan fingerprint density at radius 1 is 1.38 bits per heavy atom. The van der Waals surface area contributed by atoms with E-state index in [1.807, 2.05) is 35.7 Å². The van der Waals surface area contributed by atoms with Crippen LogP contribution in [0.4, 0.5) is 0 Å². The topological polar surface area (TPSA) is 62.3 Å². The number of hydrazine groups is 1. The maximum Gasteiger partial charge on any atom is 0.285 e. The van der Waals surface area contributed by atoms with Crippen molar-refractivity contribution in [1.82, 2.24) is 15.4 Å². The van der Waals surface area contributed by atoms with Gasteiger partial charge in [-0.3, -0.25) is 15.0 Å². The van der Waals surface area contributed by atoms with Gasteiger partial charge in [-0.15, -0.1) is 11.3 Å². The SMILES string of the molecule is O=C(CBr)NN1C(=O)/C(=C/c2csc(-c3ccccc3)n2)SC1=S. The quantitative estimate of drug-likeness (QED) is 0.449. The van der Waals surface area contributed by atoms with Crippen LogP contribution in [0, 0.1) is 0 Å². The maximum absolute atomic E-state index is 12.3. The zero-order valence-electron chi connectivity index (χ0n) is 12.1. The summed E-state index contributed by atoms with van der Waals surface area (Å²) in [5, 5.41) is 3.94. The number of carbonyl (C=O) groups excluding carboxylic acids is 2. The van der Waals surface area contributed by atoms with Gasteiger partial charge in [-0.25, -0.2) is 4.98 Å². The average molecular weight is 440 g/mol. The van der Waals surface area contributed by atoms with Gasteiger partial charge in [0.15, 0.2) is 4.32 Å². The molecule has 1 saturated heterocycles. The Morgan fingerprint density at radius 3 is 2.83 bits per heavy atom. The lowest BCUT2D eigenvalue weighted by molar-refractivity contribution is -0.131. The number of aromatic nitrogens is 1. The Bertz CT molecular complexity index is 835. The van der Waals surface area contributed by atoms with Crippen LogP contribution in [0.25, 0.3) is 16.6 Å². The Balaban J connectivity index is 1.80. The fourth-order valence-corrected chi connectivity index (χ4v) is 3.99. The molecule has 122 valence electrons. The van der Waals surface area contributed by atoms with Gasteiger partial charge in [-0.05, 0) is 18.3 Å². The van der Waals surface area contributed by atoms with E-state index in [1.54, 1.807) is 6.08 Å². The van der Waals surface area contributed by atoms with Crippen molar-refractivity contribution in [1.29, 1.82) is 0 Å². The lowest BCUT2D eigenvalue weighted by Crippen LogP contribution is -2.45. The van der Waals surface area contributed by atoms with E-state index in [0.29, 0.717) is 14.9 Å². The number of nitrogens with one attached hydrogen (secondary N) is 1. The van der Waals surface area contributed by atoms with Crippen molar-refractivity contribution in [3.63, 3.8) is 0 Å². The Morgan fingerprint density at radius 2 is 2.12 bits per heavy atom. The van der Waals surface area contributed by atoms with E-state index < -0.39 is 0 Å². The zero-order valence-corrected chi connectivity index (χ0v) is 16.1. The minimum absolute atomic E-state index is 0.0929. The molecule has 1 aliphatic heterocycles. The van der Waals surface area contributed by atoms with Crippen LogP contribution in [0.1, 0.15) is 5.69 Å². The van der Waals surface area contributed by atoms with Gasteiger partial charge in [-0.2, -0.15) is 5.01 Å². The molecule has 2 aromatic rings. The molecule has 1 aromatic heterocycles. The van der Waals surface area contributed by atoms with Crippen molar-refractivity contribution in [3.05, 3.63) is 46.3 Å². The van der Waals surface area contributed by atoms with E-state index in [-0.39, 0.29) is 17.1 Å². The van der Waals surface area contributed by atoms with Crippen molar-refractivity contribution in [3.8, 4) is 10.6 Å². The van der Waals surface area contributed by atoms with E-state index in [2.05, 4.69) is 26.3 Å². The van der Waals surface area contributed by atoms with Crippen molar-refractivity contribution in [2.75, 3.05) is 5.33 Å². The molecule has 24 heavy (non-hydrogen) atoms. The molecule has 2 amide bonds. The summed E-state index contributed by atoms with van der Waals surface area (Å²) in [6.07, 6.45) is 1.68. The van der Waals surface area contributed by atoms with Gasteiger partial charge in [0.1, 0.15) is 5.01 Å². The molecule has 0 bridgehead atoms. The first-order chi connectivity index (χ1) is 11.6. The van der Waals surface area contributed by atoms with E-state index >= 15 is 0 Å². The number of rotatable bonds is 4. The molecule has 1 N–H and O–H groups in total. The summed E-state index contributed by atoms with van der Waals surface area (Å²) >= 11 is 10.8. The summed E-state index contributed by atoms with van der Waals surface area (Å²) in [6, 6.07) is 9.82. The lowest BCUT2D eigenvalue weighted by atomic mass is 10.2. The number of amides is 2. The molecule has 2 heterocycles. The minimum atomic E-state index is -0.353. The van der Waals surface area contributed by atoms with Crippen molar-refractivity contribution in [2.45, 2.75) is 0 Å². The van der Waals surface area contributed by atoms with Crippen LogP contribution in [-0.4, -0.2) is 31.5 Å². The number of thiazole rings is 1. The Kier molecular flexibility index (Phi) is 5.44. The standard InChI is InChI=1S/C15H10BrN3O2S3/c16-7-12(20)18-19-14(21)11(24-15(19)22)6-10-8-23-13(17-10)9-4-2-1-3-5-9/h1-6,8H,7H2,(H,18,20)/b11-6-. The van der Waals surface area contributed by atoms with E-state index in [9.17, 15) is 9.59 Å². The van der Waals surface area contributed by atoms with Gasteiger partial charge < -0.3 is 0 Å².